The van der Waals surface area contributed by atoms with Gasteiger partial charge in [0.1, 0.15) is 11.6 Å². The van der Waals surface area contributed by atoms with Crippen LogP contribution in [0.15, 0.2) is 273 Å². The van der Waals surface area contributed by atoms with E-state index in [0.717, 1.165) is 52.1 Å². The molecule has 0 aliphatic heterocycles. The van der Waals surface area contributed by atoms with Crippen molar-refractivity contribution in [3.63, 3.8) is 0 Å². The fourth-order valence-electron chi connectivity index (χ4n) is 14.1. The third-order valence-electron chi connectivity index (χ3n) is 17.0. The van der Waals surface area contributed by atoms with Crippen LogP contribution in [-0.2, 0) is 10.8 Å². The van der Waals surface area contributed by atoms with Gasteiger partial charge in [-0.3, -0.25) is 9.13 Å². The predicted octanol–water partition coefficient (Wildman–Crippen LogP) is 17.2. The number of nitrogens with zero attached hydrogens (tertiary/aromatic N) is 4. The Morgan fingerprint density at radius 2 is 0.816 bits per heavy atom. The lowest BCUT2D eigenvalue weighted by Gasteiger charge is -2.36. The van der Waals surface area contributed by atoms with Crippen molar-refractivity contribution in [2.24, 2.45) is 0 Å². The van der Waals surface area contributed by atoms with E-state index in [4.69, 9.17) is 9.97 Å². The highest BCUT2D eigenvalue weighted by Gasteiger charge is 2.50. The molecular weight excluding hydrogens is 921 g/mol. The Kier molecular flexibility index (Phi) is 9.26. The molecule has 3 aromatic heterocycles. The summed E-state index contributed by atoms with van der Waals surface area (Å²) in [4.78, 5) is 11.5. The van der Waals surface area contributed by atoms with Crippen molar-refractivity contribution in [3.05, 3.63) is 317 Å². The Morgan fingerprint density at radius 1 is 0.368 bits per heavy atom. The minimum absolute atomic E-state index is 0.617. The fraction of sp³-hybridized carbons (Fsp3) is 0.0556. The first-order chi connectivity index (χ1) is 37.7. The van der Waals surface area contributed by atoms with Gasteiger partial charge in [-0.1, -0.05) is 249 Å². The highest BCUT2D eigenvalue weighted by Crippen LogP contribution is 2.61. The van der Waals surface area contributed by atoms with Gasteiger partial charge >= 0.3 is 0 Å². The monoisotopic (exact) mass is 968 g/mol. The molecule has 0 radical (unpaired) electrons. The number of fused-ring (bicyclic) bond motifs is 13. The molecule has 356 valence electrons. The van der Waals surface area contributed by atoms with Crippen LogP contribution in [0.4, 0.5) is 0 Å². The first-order valence-electron chi connectivity index (χ1n) is 26.6. The van der Waals surface area contributed by atoms with Crippen LogP contribution >= 0.6 is 0 Å². The van der Waals surface area contributed by atoms with Gasteiger partial charge in [-0.05, 0) is 80.6 Å². The van der Waals surface area contributed by atoms with Crippen LogP contribution in [0.25, 0.3) is 83.3 Å². The maximum atomic E-state index is 5.77. The lowest BCUT2D eigenvalue weighted by molar-refractivity contribution is 0.759. The number of rotatable bonds is 7. The maximum Gasteiger partial charge on any atom is 0.163 e. The molecule has 0 spiro atoms. The van der Waals surface area contributed by atoms with E-state index in [0.29, 0.717) is 5.82 Å². The SMILES string of the molecule is C1=CC2=C(CC1)c1ccc3c4ccccc4n(-c4cc(-n5c6ccccc6c6ccc7c(c65)C(c5ccccc5)(c5ccccc5)c5ccccc5-7)nc(-c5ccccc5)n4)c3c1C2(c1ccccc1)c1ccccc1. The van der Waals surface area contributed by atoms with E-state index < -0.39 is 10.8 Å². The molecule has 3 aliphatic carbocycles. The number of hydrogen-bond acceptors (Lipinski definition) is 2. The largest absolute Gasteiger partial charge is 0.293 e. The lowest BCUT2D eigenvalue weighted by atomic mass is 9.66. The number of allylic oxidation sites excluding steroid dienone is 4. The highest BCUT2D eigenvalue weighted by molar-refractivity contribution is 6.15. The van der Waals surface area contributed by atoms with Crippen LogP contribution in [0.3, 0.4) is 0 Å². The van der Waals surface area contributed by atoms with Gasteiger partial charge in [-0.2, -0.15) is 0 Å². The quantitative estimate of drug-likeness (QED) is 0.160. The zero-order valence-electron chi connectivity index (χ0n) is 41.6. The molecule has 3 heterocycles. The molecule has 76 heavy (non-hydrogen) atoms. The molecule has 0 saturated heterocycles. The van der Waals surface area contributed by atoms with Gasteiger partial charge in [-0.25, -0.2) is 9.97 Å². The molecule has 0 unspecified atom stereocenters. The first kappa shape index (κ1) is 42.8. The Morgan fingerprint density at radius 3 is 1.37 bits per heavy atom. The average molecular weight is 969 g/mol. The molecule has 0 atom stereocenters. The van der Waals surface area contributed by atoms with Crippen molar-refractivity contribution in [2.45, 2.75) is 23.7 Å². The summed E-state index contributed by atoms with van der Waals surface area (Å²) in [6.07, 6.45) is 6.78. The summed E-state index contributed by atoms with van der Waals surface area (Å²) < 4.78 is 4.95. The third-order valence-corrected chi connectivity index (χ3v) is 17.0. The van der Waals surface area contributed by atoms with E-state index in [1.165, 1.54) is 88.3 Å². The number of para-hydroxylation sites is 2. The zero-order chi connectivity index (χ0) is 50.0. The van der Waals surface area contributed by atoms with E-state index in [-0.39, 0.29) is 0 Å². The van der Waals surface area contributed by atoms with Crippen LogP contribution in [0, 0.1) is 0 Å². The molecule has 0 fully saturated rings. The molecule has 0 N–H and O–H groups in total. The van der Waals surface area contributed by atoms with Gasteiger partial charge in [0.2, 0.25) is 0 Å². The topological polar surface area (TPSA) is 35.6 Å². The van der Waals surface area contributed by atoms with E-state index in [1.54, 1.807) is 0 Å². The Balaban J connectivity index is 1.07. The smallest absolute Gasteiger partial charge is 0.163 e. The summed E-state index contributed by atoms with van der Waals surface area (Å²) >= 11 is 0. The third kappa shape index (κ3) is 5.73. The Labute approximate surface area is 440 Å². The molecule has 13 aromatic rings. The summed E-state index contributed by atoms with van der Waals surface area (Å²) in [6.45, 7) is 0. The normalized spacial score (nSPS) is 14.8. The van der Waals surface area contributed by atoms with Gasteiger partial charge in [0.25, 0.3) is 0 Å². The molecular formula is C72H48N4. The van der Waals surface area contributed by atoms with E-state index in [2.05, 4.69) is 276 Å². The van der Waals surface area contributed by atoms with Crippen molar-refractivity contribution < 1.29 is 0 Å². The summed E-state index contributed by atoms with van der Waals surface area (Å²) in [5.41, 5.74) is 19.4. The van der Waals surface area contributed by atoms with Crippen molar-refractivity contribution in [2.75, 3.05) is 0 Å². The molecule has 0 bridgehead atoms. The second-order valence-corrected chi connectivity index (χ2v) is 20.6. The number of aromatic nitrogens is 4. The minimum atomic E-state index is -0.662. The van der Waals surface area contributed by atoms with Crippen molar-refractivity contribution in [1.29, 1.82) is 0 Å². The summed E-state index contributed by atoms with van der Waals surface area (Å²) in [5, 5.41) is 4.72. The van der Waals surface area contributed by atoms with Crippen LogP contribution in [0.2, 0.25) is 0 Å². The highest BCUT2D eigenvalue weighted by atomic mass is 15.1. The molecule has 16 rings (SSSR count). The average Bonchev–Trinajstić information content (AvgIpc) is 4.33. The lowest BCUT2D eigenvalue weighted by Crippen LogP contribution is -2.30. The second-order valence-electron chi connectivity index (χ2n) is 20.6. The molecule has 3 aliphatic rings. The molecule has 0 saturated carbocycles. The van der Waals surface area contributed by atoms with Gasteiger partial charge < -0.3 is 0 Å². The summed E-state index contributed by atoms with van der Waals surface area (Å²) in [5.74, 6) is 2.26. The van der Waals surface area contributed by atoms with Crippen LogP contribution in [0.5, 0.6) is 0 Å². The van der Waals surface area contributed by atoms with Crippen LogP contribution < -0.4 is 0 Å². The molecule has 0 amide bonds. The fourth-order valence-corrected chi connectivity index (χ4v) is 14.1. The van der Waals surface area contributed by atoms with E-state index in [1.807, 2.05) is 0 Å². The summed E-state index contributed by atoms with van der Waals surface area (Å²) in [7, 11) is 0. The predicted molar refractivity (Wildman–Crippen MR) is 312 cm³/mol. The minimum Gasteiger partial charge on any atom is -0.293 e. The Hall–Kier alpha value is -9.64. The first-order valence-corrected chi connectivity index (χ1v) is 26.6. The molecule has 4 nitrogen and oxygen atoms in total. The molecule has 4 heteroatoms. The Bertz CT molecular complexity index is 4470. The standard InChI is InChI=1S/C72H48N4/c1-6-24-47(25-7-1)70-73-64(75-62-40-22-18-36-54(62)58-44-42-56-52-34-16-20-38-60(52)71(66(56)68(58)75,48-26-8-2-9-27-48)49-28-10-3-11-29-49)46-65(74-70)76-63-41-23-19-37-55(63)59-45-43-57-53-35-17-21-39-61(53)72(67(57)69(59)76,50-30-12-4-13-31-50)51-32-14-5-15-33-51/h1-16,18-34,36-46H,17,35H2. The maximum absolute atomic E-state index is 5.77. The van der Waals surface area contributed by atoms with E-state index in [9.17, 15) is 0 Å². The van der Waals surface area contributed by atoms with Crippen molar-refractivity contribution in [3.8, 4) is 34.2 Å². The second kappa shape index (κ2) is 16.4. The van der Waals surface area contributed by atoms with Gasteiger partial charge in [-0.15, -0.1) is 0 Å². The van der Waals surface area contributed by atoms with Crippen molar-refractivity contribution in [1.82, 2.24) is 19.1 Å². The van der Waals surface area contributed by atoms with Crippen LogP contribution in [-0.4, -0.2) is 19.1 Å². The van der Waals surface area contributed by atoms with Gasteiger partial charge in [0.15, 0.2) is 5.82 Å². The van der Waals surface area contributed by atoms with Gasteiger partial charge in [0, 0.05) is 44.3 Å². The van der Waals surface area contributed by atoms with Crippen LogP contribution in [0.1, 0.15) is 57.3 Å². The zero-order valence-corrected chi connectivity index (χ0v) is 41.6. The number of benzene rings is 10. The molecule has 10 aromatic carbocycles. The summed E-state index contributed by atoms with van der Waals surface area (Å²) in [6, 6.07) is 93.9. The van der Waals surface area contributed by atoms with E-state index >= 15 is 0 Å². The van der Waals surface area contributed by atoms with Crippen molar-refractivity contribution >= 4 is 49.2 Å². The van der Waals surface area contributed by atoms with Gasteiger partial charge in [0.05, 0.1) is 32.9 Å². The number of hydrogen-bond donors (Lipinski definition) is 0.